The fourth-order valence-corrected chi connectivity index (χ4v) is 1.54. The zero-order valence-corrected chi connectivity index (χ0v) is 8.12. The van der Waals surface area contributed by atoms with Gasteiger partial charge < -0.3 is 0 Å². The van der Waals surface area contributed by atoms with Gasteiger partial charge in [-0.1, -0.05) is 40.0 Å². The summed E-state index contributed by atoms with van der Waals surface area (Å²) in [5.74, 6) is 0. The third-order valence-electron chi connectivity index (χ3n) is 2.38. The second-order valence-corrected chi connectivity index (χ2v) is 3.07. The number of halogens is 1. The van der Waals surface area contributed by atoms with E-state index in [1.54, 1.807) is 0 Å². The maximum atomic E-state index is 13.3. The van der Waals surface area contributed by atoms with Crippen LogP contribution in [0.15, 0.2) is 0 Å². The van der Waals surface area contributed by atoms with Crippen LogP contribution in [0.2, 0.25) is 0 Å². The summed E-state index contributed by atoms with van der Waals surface area (Å²) >= 11 is 0. The first-order valence-corrected chi connectivity index (χ1v) is 4.96. The summed E-state index contributed by atoms with van der Waals surface area (Å²) in [6.07, 6.45) is 5.78. The molecule has 0 atom stereocenters. The Balaban J connectivity index is 0.000000461. The summed E-state index contributed by atoms with van der Waals surface area (Å²) in [6.45, 7) is 5.95. The molecule has 0 unspecified atom stereocenters. The minimum atomic E-state index is -0.780. The third kappa shape index (κ3) is 3.74. The summed E-state index contributed by atoms with van der Waals surface area (Å²) in [5, 5.41) is 0. The van der Waals surface area contributed by atoms with Gasteiger partial charge in [-0.15, -0.1) is 0 Å². The van der Waals surface area contributed by atoms with E-state index in [0.29, 0.717) is 6.42 Å². The van der Waals surface area contributed by atoms with Gasteiger partial charge in [-0.05, 0) is 19.3 Å². The molecule has 11 heavy (non-hydrogen) atoms. The van der Waals surface area contributed by atoms with Crippen molar-refractivity contribution in [2.24, 2.45) is 0 Å². The van der Waals surface area contributed by atoms with Crippen LogP contribution in [-0.2, 0) is 0 Å². The highest BCUT2D eigenvalue weighted by atomic mass is 19.1. The van der Waals surface area contributed by atoms with Gasteiger partial charge in [0.15, 0.2) is 0 Å². The molecule has 0 amide bonds. The van der Waals surface area contributed by atoms with Gasteiger partial charge in [-0.25, -0.2) is 4.39 Å². The zero-order chi connectivity index (χ0) is 8.74. The average molecular weight is 160 g/mol. The van der Waals surface area contributed by atoms with Gasteiger partial charge in [0.2, 0.25) is 0 Å². The van der Waals surface area contributed by atoms with Crippen LogP contribution in [-0.4, -0.2) is 5.67 Å². The van der Waals surface area contributed by atoms with Crippen molar-refractivity contribution >= 4 is 0 Å². The van der Waals surface area contributed by atoms with Crippen LogP contribution in [0.5, 0.6) is 0 Å². The predicted molar refractivity (Wildman–Crippen MR) is 48.6 cm³/mol. The van der Waals surface area contributed by atoms with Gasteiger partial charge in [0.25, 0.3) is 0 Å². The molecule has 0 spiro atoms. The van der Waals surface area contributed by atoms with E-state index >= 15 is 0 Å². The fraction of sp³-hybridized carbons (Fsp3) is 1.00. The highest BCUT2D eigenvalue weighted by molar-refractivity contribution is 4.80. The molecule has 1 aliphatic carbocycles. The number of hydrogen-bond donors (Lipinski definition) is 0. The summed E-state index contributed by atoms with van der Waals surface area (Å²) in [7, 11) is 0. The Morgan fingerprint density at radius 1 is 1.09 bits per heavy atom. The second-order valence-electron chi connectivity index (χ2n) is 3.07. The topological polar surface area (TPSA) is 0 Å². The van der Waals surface area contributed by atoms with Crippen molar-refractivity contribution < 1.29 is 4.39 Å². The van der Waals surface area contributed by atoms with E-state index in [1.165, 1.54) is 6.42 Å². The third-order valence-corrected chi connectivity index (χ3v) is 2.38. The van der Waals surface area contributed by atoms with Crippen molar-refractivity contribution in [3.8, 4) is 0 Å². The number of hydrogen-bond acceptors (Lipinski definition) is 0. The smallest absolute Gasteiger partial charge is 0.110 e. The van der Waals surface area contributed by atoms with Gasteiger partial charge in [0, 0.05) is 0 Å². The van der Waals surface area contributed by atoms with Crippen molar-refractivity contribution in [3.63, 3.8) is 0 Å². The minimum absolute atomic E-state index is 0.715. The van der Waals surface area contributed by atoms with Crippen LogP contribution in [0.25, 0.3) is 0 Å². The Bertz CT molecular complexity index is 82.9. The first-order chi connectivity index (χ1) is 5.27. The Labute approximate surface area is 70.2 Å². The van der Waals surface area contributed by atoms with E-state index in [1.807, 2.05) is 20.8 Å². The van der Waals surface area contributed by atoms with Crippen LogP contribution in [0.4, 0.5) is 4.39 Å². The average Bonchev–Trinajstić information content (AvgIpc) is 2.10. The molecule has 1 rings (SSSR count). The van der Waals surface area contributed by atoms with Crippen LogP contribution >= 0.6 is 0 Å². The lowest BCUT2D eigenvalue weighted by atomic mass is 9.85. The molecule has 0 bridgehead atoms. The van der Waals surface area contributed by atoms with Gasteiger partial charge >= 0.3 is 0 Å². The van der Waals surface area contributed by atoms with Crippen molar-refractivity contribution in [3.05, 3.63) is 0 Å². The minimum Gasteiger partial charge on any atom is -0.244 e. The number of rotatable bonds is 1. The van der Waals surface area contributed by atoms with E-state index in [9.17, 15) is 4.39 Å². The summed E-state index contributed by atoms with van der Waals surface area (Å²) < 4.78 is 13.3. The lowest BCUT2D eigenvalue weighted by Crippen LogP contribution is -2.24. The molecule has 1 heteroatoms. The quantitative estimate of drug-likeness (QED) is 0.542. The molecule has 0 heterocycles. The second kappa shape index (κ2) is 5.56. The van der Waals surface area contributed by atoms with Crippen molar-refractivity contribution in [1.29, 1.82) is 0 Å². The Kier molecular flexibility index (Phi) is 5.53. The molecular weight excluding hydrogens is 139 g/mol. The highest BCUT2D eigenvalue weighted by Crippen LogP contribution is 2.33. The molecule has 1 saturated carbocycles. The molecule has 0 aromatic rings. The molecule has 0 aromatic heterocycles. The Morgan fingerprint density at radius 3 is 1.82 bits per heavy atom. The molecule has 0 nitrogen and oxygen atoms in total. The molecule has 1 aliphatic rings. The van der Waals surface area contributed by atoms with Gasteiger partial charge in [-0.3, -0.25) is 0 Å². The maximum Gasteiger partial charge on any atom is 0.110 e. The summed E-state index contributed by atoms with van der Waals surface area (Å²) in [6, 6.07) is 0. The molecule has 0 radical (unpaired) electrons. The van der Waals surface area contributed by atoms with E-state index in [0.717, 1.165) is 25.7 Å². The van der Waals surface area contributed by atoms with Gasteiger partial charge in [0.05, 0.1) is 0 Å². The molecule has 0 N–H and O–H groups in total. The van der Waals surface area contributed by atoms with E-state index in [-0.39, 0.29) is 0 Å². The highest BCUT2D eigenvalue weighted by Gasteiger charge is 2.28. The standard InChI is InChI=1S/C8H15F.C2H6/c1-2-8(9)6-4-3-5-7-8;1-2/h2-7H2,1H3;1-2H3. The van der Waals surface area contributed by atoms with Crippen molar-refractivity contribution in [2.45, 2.75) is 65.0 Å². The van der Waals surface area contributed by atoms with Crippen LogP contribution in [0.1, 0.15) is 59.3 Å². The summed E-state index contributed by atoms with van der Waals surface area (Å²) in [4.78, 5) is 0. The SMILES string of the molecule is CC.CCC1(F)CCCCC1. The van der Waals surface area contributed by atoms with Crippen LogP contribution < -0.4 is 0 Å². The van der Waals surface area contributed by atoms with Crippen molar-refractivity contribution in [1.82, 2.24) is 0 Å². The summed E-state index contributed by atoms with van der Waals surface area (Å²) in [5.41, 5.74) is -0.780. The number of alkyl halides is 1. The predicted octanol–water partition coefficient (Wildman–Crippen LogP) is 4.10. The lowest BCUT2D eigenvalue weighted by Gasteiger charge is -2.27. The Hall–Kier alpha value is -0.0700. The normalized spacial score (nSPS) is 21.8. The van der Waals surface area contributed by atoms with Gasteiger partial charge in [0.1, 0.15) is 5.67 Å². The monoisotopic (exact) mass is 160 g/mol. The maximum absolute atomic E-state index is 13.3. The first-order valence-electron chi connectivity index (χ1n) is 4.96. The molecule has 0 aromatic carbocycles. The van der Waals surface area contributed by atoms with Crippen LogP contribution in [0.3, 0.4) is 0 Å². The molecule has 0 saturated heterocycles. The van der Waals surface area contributed by atoms with E-state index in [2.05, 4.69) is 0 Å². The van der Waals surface area contributed by atoms with Crippen molar-refractivity contribution in [2.75, 3.05) is 0 Å². The Morgan fingerprint density at radius 2 is 1.55 bits per heavy atom. The molecular formula is C10H21F. The largest absolute Gasteiger partial charge is 0.244 e. The van der Waals surface area contributed by atoms with E-state index in [4.69, 9.17) is 0 Å². The lowest BCUT2D eigenvalue weighted by molar-refractivity contribution is 0.102. The zero-order valence-electron chi connectivity index (χ0n) is 8.12. The first kappa shape index (κ1) is 10.9. The van der Waals surface area contributed by atoms with Crippen LogP contribution in [0, 0.1) is 0 Å². The fourth-order valence-electron chi connectivity index (χ4n) is 1.54. The molecule has 0 aliphatic heterocycles. The molecule has 1 fully saturated rings. The van der Waals surface area contributed by atoms with E-state index < -0.39 is 5.67 Å². The van der Waals surface area contributed by atoms with Gasteiger partial charge in [-0.2, -0.15) is 0 Å². The molecule has 68 valence electrons.